The number of ether oxygens (including phenoxy) is 2. The zero-order valence-corrected chi connectivity index (χ0v) is 12.4. The minimum absolute atomic E-state index is 0.00171. The van der Waals surface area contributed by atoms with Crippen LogP contribution in [0, 0.1) is 11.6 Å². The van der Waals surface area contributed by atoms with Gasteiger partial charge >= 0.3 is 11.9 Å². The van der Waals surface area contributed by atoms with Crippen molar-refractivity contribution in [3.8, 4) is 22.6 Å². The van der Waals surface area contributed by atoms with E-state index in [1.54, 1.807) is 0 Å². The molecule has 0 bridgehead atoms. The van der Waals surface area contributed by atoms with Crippen LogP contribution in [0.2, 0.25) is 0 Å². The van der Waals surface area contributed by atoms with E-state index in [0.717, 1.165) is 24.3 Å². The van der Waals surface area contributed by atoms with E-state index in [4.69, 9.17) is 9.47 Å². The summed E-state index contributed by atoms with van der Waals surface area (Å²) in [4.78, 5) is 22.2. The van der Waals surface area contributed by atoms with Crippen molar-refractivity contribution in [2.45, 2.75) is 0 Å². The van der Waals surface area contributed by atoms with Crippen LogP contribution in [-0.2, 0) is 9.59 Å². The second kappa shape index (κ2) is 7.32. The van der Waals surface area contributed by atoms with E-state index in [9.17, 15) is 18.4 Å². The molecule has 0 radical (unpaired) electrons. The quantitative estimate of drug-likeness (QED) is 0.475. The monoisotopic (exact) mass is 330 g/mol. The Balaban J connectivity index is 2.30. The fraction of sp³-hybridized carbons (Fsp3) is 0. The normalized spacial score (nSPS) is 9.92. The maximum absolute atomic E-state index is 14.1. The number of halogens is 2. The van der Waals surface area contributed by atoms with E-state index in [-0.39, 0.29) is 22.6 Å². The predicted molar refractivity (Wildman–Crippen MR) is 83.5 cm³/mol. The molecular weight excluding hydrogens is 318 g/mol. The zero-order valence-electron chi connectivity index (χ0n) is 12.4. The Labute approximate surface area is 136 Å². The molecule has 4 nitrogen and oxygen atoms in total. The van der Waals surface area contributed by atoms with Crippen molar-refractivity contribution in [2.24, 2.45) is 0 Å². The molecule has 24 heavy (non-hydrogen) atoms. The molecule has 2 aromatic carbocycles. The van der Waals surface area contributed by atoms with Gasteiger partial charge in [-0.2, -0.15) is 0 Å². The van der Waals surface area contributed by atoms with Gasteiger partial charge in [-0.05, 0) is 29.8 Å². The molecule has 0 aromatic heterocycles. The summed E-state index contributed by atoms with van der Waals surface area (Å²) in [6.45, 7) is 6.45. The van der Waals surface area contributed by atoms with Crippen molar-refractivity contribution in [1.82, 2.24) is 0 Å². The molecule has 2 aromatic rings. The second-order valence-electron chi connectivity index (χ2n) is 4.54. The number of benzene rings is 2. The Hall–Kier alpha value is -3.28. The van der Waals surface area contributed by atoms with Gasteiger partial charge in [-0.1, -0.05) is 19.2 Å². The van der Waals surface area contributed by atoms with Gasteiger partial charge in [0.25, 0.3) is 0 Å². The fourth-order valence-electron chi connectivity index (χ4n) is 1.85. The molecule has 0 spiro atoms. The highest BCUT2D eigenvalue weighted by molar-refractivity contribution is 5.84. The van der Waals surface area contributed by atoms with Crippen LogP contribution >= 0.6 is 0 Å². The van der Waals surface area contributed by atoms with Crippen LogP contribution in [0.3, 0.4) is 0 Å². The predicted octanol–water partition coefficient (Wildman–Crippen LogP) is 3.81. The molecular formula is C18H12F2O4. The van der Waals surface area contributed by atoms with E-state index in [1.807, 2.05) is 0 Å². The first-order chi connectivity index (χ1) is 11.4. The SMILES string of the molecule is C=CC(=O)Oc1ccc(-c2ccc(OC(=O)C=C)c(F)c2)c(F)c1. The number of esters is 2. The minimum atomic E-state index is -0.829. The third-order valence-electron chi connectivity index (χ3n) is 2.95. The molecule has 122 valence electrons. The molecule has 0 saturated heterocycles. The zero-order chi connectivity index (χ0) is 17.7. The maximum Gasteiger partial charge on any atom is 0.335 e. The Morgan fingerprint density at radius 3 is 2.12 bits per heavy atom. The number of rotatable bonds is 5. The third kappa shape index (κ3) is 3.92. The molecule has 0 aliphatic rings. The highest BCUT2D eigenvalue weighted by Crippen LogP contribution is 2.29. The summed E-state index contributed by atoms with van der Waals surface area (Å²) in [5.41, 5.74) is 0.318. The van der Waals surface area contributed by atoms with Crippen molar-refractivity contribution in [2.75, 3.05) is 0 Å². The average molecular weight is 330 g/mol. The van der Waals surface area contributed by atoms with Gasteiger partial charge in [-0.25, -0.2) is 18.4 Å². The van der Waals surface area contributed by atoms with Crippen molar-refractivity contribution in [3.05, 3.63) is 73.3 Å². The molecule has 0 unspecified atom stereocenters. The molecule has 0 aliphatic carbocycles. The van der Waals surface area contributed by atoms with Crippen LogP contribution in [0.15, 0.2) is 61.7 Å². The first-order valence-electron chi connectivity index (χ1n) is 6.72. The fourth-order valence-corrected chi connectivity index (χ4v) is 1.85. The highest BCUT2D eigenvalue weighted by atomic mass is 19.1. The van der Waals surface area contributed by atoms with Crippen LogP contribution in [-0.4, -0.2) is 11.9 Å². The summed E-state index contributed by atoms with van der Waals surface area (Å²) >= 11 is 0. The summed E-state index contributed by atoms with van der Waals surface area (Å²) in [6, 6.07) is 7.33. The van der Waals surface area contributed by atoms with Gasteiger partial charge in [-0.3, -0.25) is 0 Å². The van der Waals surface area contributed by atoms with Gasteiger partial charge in [-0.15, -0.1) is 0 Å². The molecule has 0 fully saturated rings. The summed E-state index contributed by atoms with van der Waals surface area (Å²) in [5, 5.41) is 0. The van der Waals surface area contributed by atoms with Crippen molar-refractivity contribution >= 4 is 11.9 Å². The van der Waals surface area contributed by atoms with Crippen LogP contribution < -0.4 is 9.47 Å². The molecule has 0 heterocycles. The number of carbonyl (C=O) groups excluding carboxylic acids is 2. The van der Waals surface area contributed by atoms with Crippen LogP contribution in [0.25, 0.3) is 11.1 Å². The van der Waals surface area contributed by atoms with E-state index >= 15 is 0 Å². The summed E-state index contributed by atoms with van der Waals surface area (Å²) in [6.07, 6.45) is 1.85. The topological polar surface area (TPSA) is 52.6 Å². The first-order valence-corrected chi connectivity index (χ1v) is 6.72. The number of hydrogen-bond donors (Lipinski definition) is 0. The van der Waals surface area contributed by atoms with Gasteiger partial charge in [0.2, 0.25) is 0 Å². The molecule has 0 amide bonds. The lowest BCUT2D eigenvalue weighted by molar-refractivity contribution is -0.130. The van der Waals surface area contributed by atoms with Gasteiger partial charge in [0.05, 0.1) is 0 Å². The average Bonchev–Trinajstić information content (AvgIpc) is 2.56. The first kappa shape index (κ1) is 17.1. The van der Waals surface area contributed by atoms with Gasteiger partial charge in [0.1, 0.15) is 11.6 Å². The smallest absolute Gasteiger partial charge is 0.335 e. The second-order valence-corrected chi connectivity index (χ2v) is 4.54. The molecule has 0 aliphatic heterocycles. The van der Waals surface area contributed by atoms with E-state index in [0.29, 0.717) is 0 Å². The van der Waals surface area contributed by atoms with Gasteiger partial charge < -0.3 is 9.47 Å². The van der Waals surface area contributed by atoms with E-state index in [1.165, 1.54) is 24.3 Å². The summed E-state index contributed by atoms with van der Waals surface area (Å²) < 4.78 is 37.6. The molecule has 2 rings (SSSR count). The van der Waals surface area contributed by atoms with Crippen LogP contribution in [0.4, 0.5) is 8.78 Å². The highest BCUT2D eigenvalue weighted by Gasteiger charge is 2.12. The third-order valence-corrected chi connectivity index (χ3v) is 2.95. The van der Waals surface area contributed by atoms with Crippen molar-refractivity contribution in [3.63, 3.8) is 0 Å². The van der Waals surface area contributed by atoms with Gasteiger partial charge in [0, 0.05) is 23.8 Å². The Kier molecular flexibility index (Phi) is 5.21. The van der Waals surface area contributed by atoms with E-state index in [2.05, 4.69) is 13.2 Å². The lowest BCUT2D eigenvalue weighted by Gasteiger charge is -2.08. The van der Waals surface area contributed by atoms with E-state index < -0.39 is 23.6 Å². The molecule has 0 N–H and O–H groups in total. The minimum Gasteiger partial charge on any atom is -0.423 e. The maximum atomic E-state index is 14.1. The van der Waals surface area contributed by atoms with Gasteiger partial charge in [0.15, 0.2) is 11.6 Å². The number of carbonyl (C=O) groups is 2. The molecule has 0 saturated carbocycles. The largest absolute Gasteiger partial charge is 0.423 e. The lowest BCUT2D eigenvalue weighted by atomic mass is 10.0. The molecule has 0 atom stereocenters. The summed E-state index contributed by atoms with van der Waals surface area (Å²) in [7, 11) is 0. The molecule has 6 heteroatoms. The van der Waals surface area contributed by atoms with Crippen molar-refractivity contribution < 1.29 is 27.8 Å². The van der Waals surface area contributed by atoms with Crippen LogP contribution in [0.5, 0.6) is 11.5 Å². The van der Waals surface area contributed by atoms with Crippen LogP contribution in [0.1, 0.15) is 0 Å². The standard InChI is InChI=1S/C18H12F2O4/c1-3-17(21)23-12-6-7-13(14(19)10-12)11-5-8-16(15(20)9-11)24-18(22)4-2/h3-10H,1-2H2. The Morgan fingerprint density at radius 2 is 1.54 bits per heavy atom. The lowest BCUT2D eigenvalue weighted by Crippen LogP contribution is -2.05. The van der Waals surface area contributed by atoms with Crippen molar-refractivity contribution in [1.29, 1.82) is 0 Å². The Bertz CT molecular complexity index is 828. The number of hydrogen-bond acceptors (Lipinski definition) is 4. The summed E-state index contributed by atoms with van der Waals surface area (Å²) in [5.74, 6) is -3.36. The Morgan fingerprint density at radius 1 is 0.875 bits per heavy atom.